The van der Waals surface area contributed by atoms with Gasteiger partial charge in [-0.05, 0) is 63.5 Å². The van der Waals surface area contributed by atoms with Gasteiger partial charge in [0.15, 0.2) is 6.23 Å². The summed E-state index contributed by atoms with van der Waals surface area (Å²) in [6, 6.07) is 9.81. The van der Waals surface area contributed by atoms with Gasteiger partial charge in [-0.1, -0.05) is 24.3 Å². The Bertz CT molecular complexity index is 1360. The molecule has 2 aliphatic heterocycles. The van der Waals surface area contributed by atoms with Crippen LogP contribution in [-0.4, -0.2) is 34.6 Å². The molecule has 2 heterocycles. The van der Waals surface area contributed by atoms with Crippen molar-refractivity contribution in [2.45, 2.75) is 52.0 Å². The second-order valence-electron chi connectivity index (χ2n) is 10.4. The monoisotopic (exact) mass is 508 g/mol. The number of hydrogen-bond donors (Lipinski definition) is 0. The van der Waals surface area contributed by atoms with Gasteiger partial charge in [-0.25, -0.2) is 18.5 Å². The smallest absolute Gasteiger partial charge is 0.417 e. The molecule has 0 saturated carbocycles. The van der Waals surface area contributed by atoms with Crippen LogP contribution < -0.4 is 4.90 Å². The molecular weight excluding hydrogens is 482 g/mol. The predicted molar refractivity (Wildman–Crippen MR) is 130 cm³/mol. The number of benzene rings is 2. The van der Waals surface area contributed by atoms with Crippen LogP contribution in [0.2, 0.25) is 0 Å². The number of amides is 3. The summed E-state index contributed by atoms with van der Waals surface area (Å²) in [5.41, 5.74) is 1.63. The predicted octanol–water partition coefficient (Wildman–Crippen LogP) is 5.18. The molecule has 1 saturated heterocycles. The van der Waals surface area contributed by atoms with Crippen LogP contribution in [0.5, 0.6) is 0 Å². The molecule has 0 aromatic heterocycles. The number of likely N-dealkylation sites (tertiary alicyclic amines) is 1. The van der Waals surface area contributed by atoms with Crippen molar-refractivity contribution in [2.24, 2.45) is 5.92 Å². The van der Waals surface area contributed by atoms with Crippen LogP contribution in [0, 0.1) is 17.6 Å². The molecule has 3 aliphatic rings. The Morgan fingerprint density at radius 3 is 2.41 bits per heavy atom. The summed E-state index contributed by atoms with van der Waals surface area (Å²) in [5, 5.41) is 0. The highest BCUT2D eigenvalue weighted by Crippen LogP contribution is 2.50. The van der Waals surface area contributed by atoms with Gasteiger partial charge in [-0.2, -0.15) is 0 Å². The Kier molecular flexibility index (Phi) is 5.89. The molecule has 0 bridgehead atoms. The second kappa shape index (κ2) is 8.83. The summed E-state index contributed by atoms with van der Waals surface area (Å²) in [6.07, 6.45) is 1.49. The maximum Gasteiger partial charge on any atom is 0.417 e. The number of rotatable bonds is 3. The number of carbonyl (C=O) groups is 3. The quantitative estimate of drug-likeness (QED) is 0.422. The number of ether oxygens (including phenoxy) is 2. The van der Waals surface area contributed by atoms with E-state index in [4.69, 9.17) is 9.47 Å². The molecule has 3 amide bonds. The van der Waals surface area contributed by atoms with Crippen molar-refractivity contribution < 1.29 is 32.6 Å². The fourth-order valence-corrected chi connectivity index (χ4v) is 5.09. The zero-order valence-electron chi connectivity index (χ0n) is 20.8. The standard InChI is InChI=1S/C28H26F2N2O5/c1-15-9-23(31(25(15)33)19-12-17(29)11-18(30)13-19)36-14-22-21-10-16-7-5-6-8-20(16)24(21)32(26(22)34)27(35)37-28(2,3)4/h5-9,11-14,21,23-24H,10H2,1-4H3/b22-14+. The average molecular weight is 509 g/mol. The number of hydrogen-bond acceptors (Lipinski definition) is 5. The van der Waals surface area contributed by atoms with Crippen LogP contribution in [0.25, 0.3) is 0 Å². The molecular formula is C28H26F2N2O5. The van der Waals surface area contributed by atoms with Gasteiger partial charge in [0.2, 0.25) is 0 Å². The van der Waals surface area contributed by atoms with Crippen molar-refractivity contribution in [1.29, 1.82) is 0 Å². The number of imide groups is 1. The summed E-state index contributed by atoms with van der Waals surface area (Å²) in [5.74, 6) is -3.08. The highest BCUT2D eigenvalue weighted by Gasteiger charge is 2.53. The molecule has 1 aliphatic carbocycles. The lowest BCUT2D eigenvalue weighted by molar-refractivity contribution is -0.125. The van der Waals surface area contributed by atoms with Crippen molar-refractivity contribution in [3.63, 3.8) is 0 Å². The topological polar surface area (TPSA) is 76.2 Å². The normalized spacial score (nSPS) is 23.9. The highest BCUT2D eigenvalue weighted by molar-refractivity contribution is 6.08. The molecule has 37 heavy (non-hydrogen) atoms. The lowest BCUT2D eigenvalue weighted by Crippen LogP contribution is -2.39. The second-order valence-corrected chi connectivity index (χ2v) is 10.4. The lowest BCUT2D eigenvalue weighted by Gasteiger charge is -2.27. The summed E-state index contributed by atoms with van der Waals surface area (Å²) in [4.78, 5) is 41.6. The van der Waals surface area contributed by atoms with Gasteiger partial charge in [0.05, 0.1) is 23.6 Å². The van der Waals surface area contributed by atoms with E-state index in [9.17, 15) is 23.2 Å². The van der Waals surface area contributed by atoms with Crippen LogP contribution in [0.15, 0.2) is 65.9 Å². The van der Waals surface area contributed by atoms with Gasteiger partial charge in [0.25, 0.3) is 11.8 Å². The fraction of sp³-hybridized carbons (Fsp3) is 0.321. The molecule has 0 spiro atoms. The van der Waals surface area contributed by atoms with Crippen molar-refractivity contribution in [1.82, 2.24) is 4.90 Å². The van der Waals surface area contributed by atoms with E-state index in [1.807, 2.05) is 24.3 Å². The first-order valence-corrected chi connectivity index (χ1v) is 11.9. The van der Waals surface area contributed by atoms with Crippen LogP contribution in [0.4, 0.5) is 19.3 Å². The molecule has 2 aromatic carbocycles. The average Bonchev–Trinajstić information content (AvgIpc) is 3.38. The molecule has 5 rings (SSSR count). The number of nitrogens with zero attached hydrogens (tertiary/aromatic N) is 2. The van der Waals surface area contributed by atoms with E-state index in [0.717, 1.165) is 33.1 Å². The Morgan fingerprint density at radius 1 is 1.05 bits per heavy atom. The fourth-order valence-electron chi connectivity index (χ4n) is 5.09. The first-order valence-electron chi connectivity index (χ1n) is 11.9. The first-order chi connectivity index (χ1) is 17.4. The number of carbonyl (C=O) groups excluding carboxylic acids is 3. The van der Waals surface area contributed by atoms with Crippen molar-refractivity contribution in [2.75, 3.05) is 4.90 Å². The zero-order chi connectivity index (χ0) is 26.6. The van der Waals surface area contributed by atoms with E-state index in [-0.39, 0.29) is 17.2 Å². The maximum atomic E-state index is 13.9. The van der Waals surface area contributed by atoms with E-state index in [1.165, 1.54) is 12.3 Å². The number of fused-ring (bicyclic) bond motifs is 3. The SMILES string of the molecule is CC1=CC(O/C=C2/C(=O)N(C(=O)OC(C)(C)C)C3c4ccccc4CC23)N(c2cc(F)cc(F)c2)C1=O. The molecule has 3 unspecified atom stereocenters. The molecule has 192 valence electrons. The largest absolute Gasteiger partial charge is 0.474 e. The van der Waals surface area contributed by atoms with Gasteiger partial charge in [0, 0.05) is 17.6 Å². The Balaban J connectivity index is 1.49. The van der Waals surface area contributed by atoms with Gasteiger partial charge in [0.1, 0.15) is 17.2 Å². The van der Waals surface area contributed by atoms with Gasteiger partial charge >= 0.3 is 6.09 Å². The van der Waals surface area contributed by atoms with E-state index in [1.54, 1.807) is 27.7 Å². The molecule has 1 fully saturated rings. The zero-order valence-corrected chi connectivity index (χ0v) is 20.8. The molecule has 0 N–H and O–H groups in total. The minimum Gasteiger partial charge on any atom is -0.474 e. The molecule has 9 heteroatoms. The highest BCUT2D eigenvalue weighted by atomic mass is 19.1. The minimum absolute atomic E-state index is 0.0155. The van der Waals surface area contributed by atoms with Crippen molar-refractivity contribution >= 4 is 23.6 Å². The van der Waals surface area contributed by atoms with E-state index in [2.05, 4.69) is 0 Å². The van der Waals surface area contributed by atoms with E-state index in [0.29, 0.717) is 18.1 Å². The maximum absolute atomic E-state index is 13.9. The minimum atomic E-state index is -1.04. The van der Waals surface area contributed by atoms with Crippen LogP contribution in [-0.2, 0) is 25.5 Å². The molecule has 0 radical (unpaired) electrons. The Hall–Kier alpha value is -4.01. The molecule has 2 aromatic rings. The third-order valence-corrected chi connectivity index (χ3v) is 6.59. The number of halogens is 2. The summed E-state index contributed by atoms with van der Waals surface area (Å²) < 4.78 is 39.2. The third kappa shape index (κ3) is 4.39. The summed E-state index contributed by atoms with van der Waals surface area (Å²) in [7, 11) is 0. The third-order valence-electron chi connectivity index (χ3n) is 6.59. The van der Waals surface area contributed by atoms with Crippen molar-refractivity contribution in [3.05, 3.63) is 88.7 Å². The van der Waals surface area contributed by atoms with E-state index >= 15 is 0 Å². The number of anilines is 1. The van der Waals surface area contributed by atoms with Crippen molar-refractivity contribution in [3.8, 4) is 0 Å². The first kappa shape index (κ1) is 24.7. The van der Waals surface area contributed by atoms with Crippen LogP contribution >= 0.6 is 0 Å². The van der Waals surface area contributed by atoms with Crippen LogP contribution in [0.3, 0.4) is 0 Å². The van der Waals surface area contributed by atoms with Crippen LogP contribution in [0.1, 0.15) is 44.9 Å². The Morgan fingerprint density at radius 2 is 1.73 bits per heavy atom. The van der Waals surface area contributed by atoms with Gasteiger partial charge in [-0.15, -0.1) is 0 Å². The summed E-state index contributed by atoms with van der Waals surface area (Å²) in [6.45, 7) is 6.74. The molecule has 3 atom stereocenters. The lowest BCUT2D eigenvalue weighted by atomic mass is 9.97. The van der Waals surface area contributed by atoms with Gasteiger partial charge < -0.3 is 9.47 Å². The molecule has 7 nitrogen and oxygen atoms in total. The Labute approximate surface area is 212 Å². The van der Waals surface area contributed by atoms with E-state index < -0.39 is 47.4 Å². The summed E-state index contributed by atoms with van der Waals surface area (Å²) >= 11 is 0. The van der Waals surface area contributed by atoms with Gasteiger partial charge in [-0.3, -0.25) is 14.5 Å².